The zero-order valence-corrected chi connectivity index (χ0v) is 17.6. The van der Waals surface area contributed by atoms with Crippen molar-refractivity contribution >= 4 is 44.3 Å². The maximum Gasteiger partial charge on any atom is 0.300 e. The lowest BCUT2D eigenvalue weighted by molar-refractivity contribution is 0.101. The first-order valence-corrected chi connectivity index (χ1v) is 10.8. The third-order valence-electron chi connectivity index (χ3n) is 4.56. The topological polar surface area (TPSA) is 111 Å². The average Bonchev–Trinajstić information content (AvgIpc) is 3.15. The van der Waals surface area contributed by atoms with E-state index in [2.05, 4.69) is 15.0 Å². The number of Topliss-reactive ketones (excluding diaryl/α,β-unsaturated/α-hetero) is 1. The van der Waals surface area contributed by atoms with Crippen LogP contribution in [0.15, 0.2) is 76.0 Å². The number of para-hydroxylation sites is 2. The molecule has 9 heteroatoms. The monoisotopic (exact) mass is 437 g/mol. The Kier molecular flexibility index (Phi) is 5.35. The van der Waals surface area contributed by atoms with Crippen LogP contribution in [0.25, 0.3) is 11.1 Å². The molecule has 0 aliphatic heterocycles. The van der Waals surface area contributed by atoms with Crippen LogP contribution in [0, 0.1) is 0 Å². The largest absolute Gasteiger partial charge is 0.495 e. The molecular weight excluding hydrogens is 418 g/mol. The van der Waals surface area contributed by atoms with E-state index in [1.165, 1.54) is 26.2 Å². The lowest BCUT2D eigenvalue weighted by Gasteiger charge is -2.11. The second-order valence-electron chi connectivity index (χ2n) is 6.71. The van der Waals surface area contributed by atoms with Crippen LogP contribution in [-0.2, 0) is 10.0 Å². The summed E-state index contributed by atoms with van der Waals surface area (Å²) in [5.41, 5.74) is 2.43. The second kappa shape index (κ2) is 8.11. The minimum absolute atomic E-state index is 0.0242. The third kappa shape index (κ3) is 4.36. The number of fused-ring (bicyclic) bond motifs is 1. The number of nitrogens with one attached hydrogen (secondary N) is 2. The molecule has 158 valence electrons. The zero-order chi connectivity index (χ0) is 22.0. The van der Waals surface area contributed by atoms with E-state index in [0.717, 1.165) is 0 Å². The number of nitrogens with zero attached hydrogens (tertiary/aromatic N) is 1. The molecule has 0 radical (unpaired) electrons. The molecular formula is C22H19N3O5S. The van der Waals surface area contributed by atoms with Gasteiger partial charge in [-0.1, -0.05) is 12.1 Å². The molecule has 0 saturated heterocycles. The lowest BCUT2D eigenvalue weighted by Crippen LogP contribution is -2.13. The van der Waals surface area contributed by atoms with Gasteiger partial charge in [-0.2, -0.15) is 4.98 Å². The summed E-state index contributed by atoms with van der Waals surface area (Å²) < 4.78 is 39.0. The fourth-order valence-electron chi connectivity index (χ4n) is 2.97. The predicted octanol–water partition coefficient (Wildman–Crippen LogP) is 4.58. The zero-order valence-electron chi connectivity index (χ0n) is 16.7. The van der Waals surface area contributed by atoms with E-state index in [4.69, 9.17) is 9.15 Å². The van der Waals surface area contributed by atoms with Crippen molar-refractivity contribution in [2.75, 3.05) is 17.1 Å². The summed E-state index contributed by atoms with van der Waals surface area (Å²) in [6.45, 7) is 1.50. The number of ether oxygens (including phenoxy) is 1. The van der Waals surface area contributed by atoms with Gasteiger partial charge in [0.25, 0.3) is 16.0 Å². The molecule has 0 saturated carbocycles. The number of methoxy groups -OCH3 is 1. The SMILES string of the molecule is COc1ccccc1NS(=O)(=O)c1ccc2oc(Nc3ccc(C(C)=O)cc3)nc2c1. The molecule has 1 heterocycles. The van der Waals surface area contributed by atoms with Gasteiger partial charge in [-0.3, -0.25) is 9.52 Å². The van der Waals surface area contributed by atoms with Crippen LogP contribution in [-0.4, -0.2) is 26.3 Å². The first kappa shape index (κ1) is 20.4. The van der Waals surface area contributed by atoms with E-state index in [-0.39, 0.29) is 16.7 Å². The number of carbonyl (C=O) groups excluding carboxylic acids is 1. The van der Waals surface area contributed by atoms with Gasteiger partial charge < -0.3 is 14.5 Å². The fourth-order valence-corrected chi connectivity index (χ4v) is 4.06. The summed E-state index contributed by atoms with van der Waals surface area (Å²) in [7, 11) is -2.39. The van der Waals surface area contributed by atoms with E-state index in [0.29, 0.717) is 33.8 Å². The molecule has 0 aliphatic carbocycles. The normalized spacial score (nSPS) is 11.3. The van der Waals surface area contributed by atoms with Gasteiger partial charge >= 0.3 is 0 Å². The minimum atomic E-state index is -3.86. The Labute approximate surface area is 178 Å². The standard InChI is InChI=1S/C22H19N3O5S/c1-14(26)15-7-9-16(10-8-15)23-22-24-19-13-17(11-12-21(19)30-22)31(27,28)25-18-5-3-4-6-20(18)29-2/h3-13,25H,1-2H3,(H,23,24). The molecule has 0 atom stereocenters. The highest BCUT2D eigenvalue weighted by Gasteiger charge is 2.18. The molecule has 0 amide bonds. The smallest absolute Gasteiger partial charge is 0.300 e. The Morgan fingerprint density at radius 1 is 1.03 bits per heavy atom. The Hall–Kier alpha value is -3.85. The second-order valence-corrected chi connectivity index (χ2v) is 8.40. The van der Waals surface area contributed by atoms with Gasteiger partial charge in [0.2, 0.25) is 0 Å². The molecule has 1 aromatic heterocycles. The van der Waals surface area contributed by atoms with E-state index >= 15 is 0 Å². The molecule has 4 aromatic rings. The van der Waals surface area contributed by atoms with Crippen molar-refractivity contribution in [3.05, 3.63) is 72.3 Å². The van der Waals surface area contributed by atoms with Crippen LogP contribution in [0.1, 0.15) is 17.3 Å². The molecule has 0 fully saturated rings. The molecule has 0 aliphatic rings. The van der Waals surface area contributed by atoms with Crippen molar-refractivity contribution < 1.29 is 22.4 Å². The summed E-state index contributed by atoms with van der Waals surface area (Å²) in [5.74, 6) is 0.389. The summed E-state index contributed by atoms with van der Waals surface area (Å²) in [5, 5.41) is 3.00. The van der Waals surface area contributed by atoms with Crippen LogP contribution in [0.3, 0.4) is 0 Å². The molecule has 3 aromatic carbocycles. The van der Waals surface area contributed by atoms with Gasteiger partial charge in [-0.05, 0) is 61.5 Å². The number of rotatable bonds is 7. The van der Waals surface area contributed by atoms with Crippen molar-refractivity contribution in [1.29, 1.82) is 0 Å². The van der Waals surface area contributed by atoms with Gasteiger partial charge in [-0.25, -0.2) is 8.42 Å². The summed E-state index contributed by atoms with van der Waals surface area (Å²) in [4.78, 5) is 15.7. The summed E-state index contributed by atoms with van der Waals surface area (Å²) in [6.07, 6.45) is 0. The molecule has 0 spiro atoms. The van der Waals surface area contributed by atoms with Crippen LogP contribution < -0.4 is 14.8 Å². The first-order chi connectivity index (χ1) is 14.9. The third-order valence-corrected chi connectivity index (χ3v) is 5.93. The number of anilines is 3. The number of aromatic nitrogens is 1. The van der Waals surface area contributed by atoms with Crippen LogP contribution in [0.5, 0.6) is 5.75 Å². The van der Waals surface area contributed by atoms with Crippen molar-refractivity contribution in [3.63, 3.8) is 0 Å². The Balaban J connectivity index is 1.59. The Bertz CT molecular complexity index is 1360. The van der Waals surface area contributed by atoms with Gasteiger partial charge in [-0.15, -0.1) is 0 Å². The van der Waals surface area contributed by atoms with Crippen LogP contribution in [0.2, 0.25) is 0 Å². The van der Waals surface area contributed by atoms with Crippen LogP contribution >= 0.6 is 0 Å². The van der Waals surface area contributed by atoms with E-state index in [1.807, 2.05) is 0 Å². The number of oxazole rings is 1. The highest BCUT2D eigenvalue weighted by atomic mass is 32.2. The highest BCUT2D eigenvalue weighted by molar-refractivity contribution is 7.92. The highest BCUT2D eigenvalue weighted by Crippen LogP contribution is 2.28. The first-order valence-electron chi connectivity index (χ1n) is 9.30. The maximum absolute atomic E-state index is 12.8. The summed E-state index contributed by atoms with van der Waals surface area (Å²) in [6, 6.07) is 18.2. The molecule has 0 bridgehead atoms. The van der Waals surface area contributed by atoms with E-state index in [9.17, 15) is 13.2 Å². The summed E-state index contributed by atoms with van der Waals surface area (Å²) >= 11 is 0. The van der Waals surface area contributed by atoms with Gasteiger partial charge in [0.1, 0.15) is 11.3 Å². The molecule has 31 heavy (non-hydrogen) atoms. The van der Waals surface area contributed by atoms with Gasteiger partial charge in [0.15, 0.2) is 11.4 Å². The van der Waals surface area contributed by atoms with Crippen molar-refractivity contribution in [1.82, 2.24) is 4.98 Å². The lowest BCUT2D eigenvalue weighted by atomic mass is 10.1. The maximum atomic E-state index is 12.8. The number of carbonyl (C=O) groups is 1. The van der Waals surface area contributed by atoms with Gasteiger partial charge in [0.05, 0.1) is 17.7 Å². The fraction of sp³-hybridized carbons (Fsp3) is 0.0909. The number of ketones is 1. The molecule has 4 rings (SSSR count). The number of hydrogen-bond donors (Lipinski definition) is 2. The quantitative estimate of drug-likeness (QED) is 0.407. The molecule has 2 N–H and O–H groups in total. The molecule has 0 unspecified atom stereocenters. The Morgan fingerprint density at radius 2 is 1.77 bits per heavy atom. The molecule has 8 nitrogen and oxygen atoms in total. The van der Waals surface area contributed by atoms with Crippen LogP contribution in [0.4, 0.5) is 17.4 Å². The van der Waals surface area contributed by atoms with Crippen molar-refractivity contribution in [2.24, 2.45) is 0 Å². The van der Waals surface area contributed by atoms with Gasteiger partial charge in [0, 0.05) is 11.3 Å². The van der Waals surface area contributed by atoms with E-state index in [1.54, 1.807) is 54.6 Å². The number of sulfonamides is 1. The van der Waals surface area contributed by atoms with Crippen molar-refractivity contribution in [3.8, 4) is 5.75 Å². The number of hydrogen-bond acceptors (Lipinski definition) is 7. The number of benzene rings is 3. The predicted molar refractivity (Wildman–Crippen MR) is 118 cm³/mol. The Morgan fingerprint density at radius 3 is 2.48 bits per heavy atom. The van der Waals surface area contributed by atoms with E-state index < -0.39 is 10.0 Å². The minimum Gasteiger partial charge on any atom is -0.495 e. The van der Waals surface area contributed by atoms with Crippen molar-refractivity contribution in [2.45, 2.75) is 11.8 Å². The average molecular weight is 437 g/mol.